The molecule has 12 amide bonds. The van der Waals surface area contributed by atoms with Crippen molar-refractivity contribution in [2.75, 3.05) is 72.5 Å². The number of benzene rings is 8. The van der Waals surface area contributed by atoms with Gasteiger partial charge in [-0.25, -0.2) is 38.4 Å². The second-order valence-corrected chi connectivity index (χ2v) is 39.6. The van der Waals surface area contributed by atoms with Gasteiger partial charge in [-0.3, -0.25) is 77.1 Å². The second kappa shape index (κ2) is 42.5. The molecule has 48 heteroatoms. The quantitative estimate of drug-likeness (QED) is 0.0571. The van der Waals surface area contributed by atoms with Crippen molar-refractivity contribution in [2.24, 2.45) is 0 Å². The van der Waals surface area contributed by atoms with E-state index < -0.39 is 203 Å². The summed E-state index contributed by atoms with van der Waals surface area (Å²) in [6.07, 6.45) is 0.228. The molecule has 688 valence electrons. The van der Waals surface area contributed by atoms with E-state index in [9.17, 15) is 137 Å². The molecule has 0 fully saturated rings. The lowest BCUT2D eigenvalue weighted by molar-refractivity contribution is -0.141. The first-order valence-corrected chi connectivity index (χ1v) is 49.3. The van der Waals surface area contributed by atoms with Crippen LogP contribution in [0.15, 0.2) is 121 Å². The van der Waals surface area contributed by atoms with Crippen LogP contribution in [-0.2, 0) is 57.5 Å². The predicted octanol–water partition coefficient (Wildman–Crippen LogP) is 6.49. The molecule has 0 saturated heterocycles. The first-order valence-electron chi connectivity index (χ1n) is 39.4. The molecular formula is C84H72N8O32S8. The minimum Gasteiger partial charge on any atom is -0.493 e. The van der Waals surface area contributed by atoms with Gasteiger partial charge in [-0.05, 0) is 109 Å². The van der Waals surface area contributed by atoms with Crippen LogP contribution in [0, 0.1) is 0 Å². The molecule has 0 aromatic heterocycles. The summed E-state index contributed by atoms with van der Waals surface area (Å²) in [5.74, 6) is -24.2. The van der Waals surface area contributed by atoms with Crippen molar-refractivity contribution >= 4 is 248 Å². The van der Waals surface area contributed by atoms with E-state index in [0.717, 1.165) is 111 Å². The minimum absolute atomic E-state index is 0.0904. The fourth-order valence-corrected chi connectivity index (χ4v) is 24.0. The van der Waals surface area contributed by atoms with Crippen LogP contribution in [-0.4, -0.2) is 300 Å². The molecule has 0 saturated carbocycles. The number of nitrogens with one attached hydrogen (secondary N) is 4. The van der Waals surface area contributed by atoms with E-state index in [2.05, 4.69) is 21.3 Å². The number of ether oxygens (including phenoxy) is 4. The lowest BCUT2D eigenvalue weighted by atomic mass is 9.85. The average Bonchev–Trinajstić information content (AvgIpc) is 0.710. The number of amides is 12. The Morgan fingerprint density at radius 3 is 0.750 bits per heavy atom. The van der Waals surface area contributed by atoms with E-state index in [-0.39, 0.29) is 139 Å². The lowest BCUT2D eigenvalue weighted by Gasteiger charge is -2.35. The number of fused-ring (bicyclic) bond motifs is 2. The van der Waals surface area contributed by atoms with Crippen molar-refractivity contribution in [1.29, 1.82) is 0 Å². The number of hydrogen-bond acceptors (Lipinski definition) is 32. The van der Waals surface area contributed by atoms with Gasteiger partial charge in [0.15, 0.2) is 13.2 Å². The number of carboxylic acids is 8. The van der Waals surface area contributed by atoms with Crippen LogP contribution >= 0.6 is 86.4 Å². The van der Waals surface area contributed by atoms with Gasteiger partial charge in [-0.2, -0.15) is 0 Å². The maximum Gasteiger partial charge on any atom is 0.327 e. The van der Waals surface area contributed by atoms with Gasteiger partial charge in [-0.15, -0.1) is 0 Å². The largest absolute Gasteiger partial charge is 0.493 e. The monoisotopic (exact) mass is 1960 g/mol. The average molecular weight is 1960 g/mol. The van der Waals surface area contributed by atoms with Crippen molar-refractivity contribution in [3.63, 3.8) is 0 Å². The van der Waals surface area contributed by atoms with Gasteiger partial charge in [0.1, 0.15) is 71.3 Å². The SMILES string of the molecule is O=C1CCCOc2cccc3c(cccc23)OCCCC(=O)N[C@H](C(=O)O)CSSC[C@@H](C(=O)O)N2C(=O)c3ccc4c5c(ccc(c35)C2=O)C(=O)N(C4=O)[C@H](C(=O)O)CSSC[C@@H](C(=O)O)N1.O=C1COc2ccc3cc(ccc3c2)OCC(=O)N[C@H](C(=O)O)CSSC[C@@H](C(=O)O)N2C(=O)c3ccc4c5c(ccc(c35)C2=O)C(=O)N(C4=O)[C@H](C(=O)O)CSSC[C@@H](C(=O)O)N1. The predicted molar refractivity (Wildman–Crippen MR) is 482 cm³/mol. The number of carbonyl (C=O) groups excluding carboxylic acids is 12. The molecule has 18 heterocycles. The molecule has 8 aromatic carbocycles. The topological polar surface area (TPSA) is 601 Å². The molecule has 0 aliphatic carbocycles. The van der Waals surface area contributed by atoms with Crippen LogP contribution in [0.4, 0.5) is 0 Å². The minimum atomic E-state index is -1.78. The van der Waals surface area contributed by atoms with Gasteiger partial charge < -0.3 is 81.1 Å². The lowest BCUT2D eigenvalue weighted by Crippen LogP contribution is -2.53. The number of aliphatic carboxylic acids is 8. The van der Waals surface area contributed by atoms with Crippen molar-refractivity contribution in [1.82, 2.24) is 40.9 Å². The fourth-order valence-electron chi connectivity index (χ4n) is 14.6. The number of rotatable bonds is 8. The van der Waals surface area contributed by atoms with Gasteiger partial charge in [0.25, 0.3) is 59.1 Å². The van der Waals surface area contributed by atoms with Crippen molar-refractivity contribution in [2.45, 2.75) is 74.0 Å². The van der Waals surface area contributed by atoms with Gasteiger partial charge >= 0.3 is 47.8 Å². The van der Waals surface area contributed by atoms with Gasteiger partial charge in [0, 0.05) is 136 Å². The van der Waals surface area contributed by atoms with Crippen LogP contribution < -0.4 is 40.2 Å². The molecule has 0 spiro atoms. The van der Waals surface area contributed by atoms with Gasteiger partial charge in [-0.1, -0.05) is 123 Å². The number of carboxylic acid groups (broad SMARTS) is 8. The molecule has 0 unspecified atom stereocenters. The fraction of sp³-hybridized carbons (Fsp3) is 0.286. The Hall–Kier alpha value is -13.0. The number of imide groups is 4. The summed E-state index contributed by atoms with van der Waals surface area (Å²) in [5.41, 5.74) is -1.69. The molecule has 18 aliphatic heterocycles. The third kappa shape index (κ3) is 21.1. The molecule has 0 radical (unpaired) electrons. The Balaban J connectivity index is 0.000000225. The Bertz CT molecular complexity index is 5700. The van der Waals surface area contributed by atoms with Crippen LogP contribution in [0.3, 0.4) is 0 Å². The highest BCUT2D eigenvalue weighted by Gasteiger charge is 2.49. The summed E-state index contributed by atoms with van der Waals surface area (Å²) in [7, 11) is 6.88. The zero-order valence-corrected chi connectivity index (χ0v) is 74.4. The highest BCUT2D eigenvalue weighted by Crippen LogP contribution is 2.44. The van der Waals surface area contributed by atoms with E-state index in [1.165, 1.54) is 36.4 Å². The molecule has 24 bridgehead atoms. The Labute approximate surface area is 774 Å². The first kappa shape index (κ1) is 96.6. The highest BCUT2D eigenvalue weighted by molar-refractivity contribution is 8.77. The number of hydrogen-bond donors (Lipinski definition) is 12. The normalized spacial score (nSPS) is 21.7. The smallest absolute Gasteiger partial charge is 0.327 e. The Morgan fingerprint density at radius 2 is 0.515 bits per heavy atom. The maximum atomic E-state index is 14.0. The highest BCUT2D eigenvalue weighted by atomic mass is 33.1. The van der Waals surface area contributed by atoms with Gasteiger partial charge in [0.05, 0.1) is 13.2 Å². The van der Waals surface area contributed by atoms with E-state index in [0.29, 0.717) is 52.6 Å². The molecule has 132 heavy (non-hydrogen) atoms. The van der Waals surface area contributed by atoms with Crippen molar-refractivity contribution < 1.29 is 156 Å². The standard InChI is InChI=1S/C44H40N4O16S4.C40H32N4O16S4/c49-33-9-3-15-63-31-7-1-5-21-22(31)6-2-8-32(21)64-16-4-10-34(50)46-28(42(57)58)18-66-68-20-30(44(61)62)48-39(53)25-13-11-23-35-24(12-14-26(36(25)35)40(48)54)38(52)47(37(23)51)29(43(59)60)19-67-65-17-27(45-33)41(55)56;45-29-11-59-19-3-1-17-9-20(4-2-18(17)10-19)60-12-30(46)42-26(38(53)54)14-62-64-16-28(40(57)58)44-35(49)23-7-5-21-31-22(6-8-24(32(23)31)36(44)50)34(48)43(33(21)47)27(39(55)56)15-63-61-13-25(41-29)37(51)52/h1-2,5-8,11-14,27-30H,3-4,9-10,15-20H2,(H,45,49)(H,46,50)(H,55,56)(H,57,58)(H,59,60)(H,61,62);1-10,25-28H,11-16H2,(H,41,45)(H,42,46)(H,51,52)(H,53,54)(H,55,56)(H,57,58)/t27-,28-,29-,30-;25-,26-,27-,28-/m00/s1. The molecule has 26 rings (SSSR count). The van der Waals surface area contributed by atoms with E-state index >= 15 is 0 Å². The summed E-state index contributed by atoms with van der Waals surface area (Å²) in [4.78, 5) is 264. The number of carbonyl (C=O) groups is 20. The zero-order chi connectivity index (χ0) is 94.8. The molecule has 12 N–H and O–H groups in total. The van der Waals surface area contributed by atoms with E-state index in [4.69, 9.17) is 18.9 Å². The summed E-state index contributed by atoms with van der Waals surface area (Å²) >= 11 is 0. The third-order valence-corrected chi connectivity index (χ3v) is 30.6. The molecular weight excluding hydrogens is 1890 g/mol. The van der Waals surface area contributed by atoms with Crippen LogP contribution in [0.1, 0.15) is 109 Å². The Morgan fingerprint density at radius 1 is 0.280 bits per heavy atom. The molecule has 8 atom stereocenters. The van der Waals surface area contributed by atoms with Crippen molar-refractivity contribution in [3.05, 3.63) is 166 Å². The summed E-state index contributed by atoms with van der Waals surface area (Å²) < 4.78 is 23.1. The summed E-state index contributed by atoms with van der Waals surface area (Å²) in [6, 6.07) is 16.6. The maximum absolute atomic E-state index is 14.0. The summed E-state index contributed by atoms with van der Waals surface area (Å²) in [5, 5.41) is 92.0. The first-order chi connectivity index (χ1) is 63.1. The summed E-state index contributed by atoms with van der Waals surface area (Å²) in [6.45, 7) is -0.960. The van der Waals surface area contributed by atoms with Crippen molar-refractivity contribution in [3.8, 4) is 23.0 Å². The van der Waals surface area contributed by atoms with Gasteiger partial charge in [0.2, 0.25) is 11.8 Å². The zero-order valence-electron chi connectivity index (χ0n) is 67.9. The van der Waals surface area contributed by atoms with Crippen LogP contribution in [0.2, 0.25) is 0 Å². The number of nitrogens with zero attached hydrogens (tertiary/aromatic N) is 4. The molecule has 18 aliphatic rings. The molecule has 8 aromatic rings. The van der Waals surface area contributed by atoms with Crippen LogP contribution in [0.25, 0.3) is 43.1 Å². The van der Waals surface area contributed by atoms with Crippen LogP contribution in [0.5, 0.6) is 23.0 Å². The molecule has 40 nitrogen and oxygen atoms in total. The van der Waals surface area contributed by atoms with E-state index in [1.807, 2.05) is 0 Å². The second-order valence-electron chi connectivity index (χ2n) is 29.3. The third-order valence-electron chi connectivity index (χ3n) is 21.0. The van der Waals surface area contributed by atoms with E-state index in [1.54, 1.807) is 60.7 Å². The Kier molecular flexibility index (Phi) is 31.1.